The van der Waals surface area contributed by atoms with E-state index in [9.17, 15) is 19.0 Å². The number of nitrogens with zero attached hydrogens (tertiary/aromatic N) is 1. The number of quaternary nitrogens is 1. The van der Waals surface area contributed by atoms with Gasteiger partial charge in [-0.05, 0) is 102 Å². The van der Waals surface area contributed by atoms with Gasteiger partial charge < -0.3 is 19.4 Å². The third-order valence-electron chi connectivity index (χ3n) is 13.3. The first-order valence-electron chi connectivity index (χ1n) is 30.9. The van der Waals surface area contributed by atoms with Crippen molar-refractivity contribution in [1.29, 1.82) is 0 Å². The molecule has 0 aliphatic carbocycles. The Bertz CT molecular complexity index is 1560. The number of phosphoric ester groups is 1. The van der Waals surface area contributed by atoms with Crippen molar-refractivity contribution in [2.24, 2.45) is 0 Å². The van der Waals surface area contributed by atoms with Crippen molar-refractivity contribution in [2.45, 2.75) is 277 Å². The van der Waals surface area contributed by atoms with Crippen LogP contribution in [0.1, 0.15) is 265 Å². The number of unbranched alkanes of at least 4 members (excludes halogenated alkanes) is 27. The van der Waals surface area contributed by atoms with Crippen LogP contribution in [0.2, 0.25) is 0 Å². The number of rotatable bonds is 55. The van der Waals surface area contributed by atoms with Crippen molar-refractivity contribution in [3.05, 3.63) is 85.1 Å². The van der Waals surface area contributed by atoms with Gasteiger partial charge in [0.05, 0.1) is 33.8 Å². The van der Waals surface area contributed by atoms with Crippen LogP contribution in [0.25, 0.3) is 0 Å². The van der Waals surface area contributed by atoms with Crippen LogP contribution in [0.15, 0.2) is 85.1 Å². The van der Waals surface area contributed by atoms with Crippen LogP contribution in [-0.4, -0.2) is 74.3 Å². The maximum absolute atomic E-state index is 13.5. The molecule has 0 aliphatic heterocycles. The normalized spacial score (nSPS) is 14.3. The van der Waals surface area contributed by atoms with Crippen molar-refractivity contribution in [3.8, 4) is 0 Å². The first-order chi connectivity index (χ1) is 36.4. The van der Waals surface area contributed by atoms with Gasteiger partial charge >= 0.3 is 13.8 Å². The Morgan fingerprint density at radius 2 is 0.853 bits per heavy atom. The summed E-state index contributed by atoms with van der Waals surface area (Å²) in [5.74, 6) is -0.528. The predicted octanol–water partition coefficient (Wildman–Crippen LogP) is 19.0. The number of carbonyl (C=O) groups excluding carboxylic acids is 2. The van der Waals surface area contributed by atoms with E-state index in [1.54, 1.807) is 0 Å². The average molecular weight is 1070 g/mol. The number of esters is 1. The summed E-state index contributed by atoms with van der Waals surface area (Å²) in [5, 5.41) is 3.04. The number of carbonyl (C=O) groups is 2. The van der Waals surface area contributed by atoms with Gasteiger partial charge in [0.1, 0.15) is 19.3 Å². The minimum atomic E-state index is -4.45. The van der Waals surface area contributed by atoms with E-state index in [2.05, 4.69) is 99.0 Å². The third kappa shape index (κ3) is 55.7. The monoisotopic (exact) mass is 1070 g/mol. The summed E-state index contributed by atoms with van der Waals surface area (Å²) in [6.45, 7) is 6.86. The lowest BCUT2D eigenvalue weighted by molar-refractivity contribution is -0.870. The highest BCUT2D eigenvalue weighted by Crippen LogP contribution is 2.43. The van der Waals surface area contributed by atoms with Crippen LogP contribution >= 0.6 is 7.82 Å². The molecule has 0 radical (unpaired) electrons. The van der Waals surface area contributed by atoms with Crippen molar-refractivity contribution < 1.29 is 37.3 Å². The molecule has 0 aromatic carbocycles. The van der Waals surface area contributed by atoms with Gasteiger partial charge in [0.2, 0.25) is 5.91 Å². The topological polar surface area (TPSA) is 111 Å². The minimum absolute atomic E-state index is 0.0333. The van der Waals surface area contributed by atoms with E-state index < -0.39 is 20.0 Å². The molecule has 0 fully saturated rings. The van der Waals surface area contributed by atoms with E-state index in [0.717, 1.165) is 116 Å². The molecule has 0 saturated heterocycles. The second-order valence-corrected chi connectivity index (χ2v) is 23.3. The summed E-state index contributed by atoms with van der Waals surface area (Å²) in [6, 6.07) is -0.860. The molecule has 10 heteroatoms. The van der Waals surface area contributed by atoms with Crippen LogP contribution < -0.4 is 5.32 Å². The molecule has 2 N–H and O–H groups in total. The molecule has 434 valence electrons. The van der Waals surface area contributed by atoms with Gasteiger partial charge in [-0.3, -0.25) is 18.6 Å². The number of ether oxygens (including phenoxy) is 1. The molecule has 0 bridgehead atoms. The lowest BCUT2D eigenvalue weighted by atomic mass is 10.0. The Morgan fingerprint density at radius 3 is 1.31 bits per heavy atom. The highest BCUT2D eigenvalue weighted by atomic mass is 31.2. The van der Waals surface area contributed by atoms with Crippen molar-refractivity contribution >= 4 is 19.7 Å². The molecular formula is C65H118N2O7P+. The Labute approximate surface area is 463 Å². The maximum atomic E-state index is 13.5. The maximum Gasteiger partial charge on any atom is 0.472 e. The second-order valence-electron chi connectivity index (χ2n) is 21.8. The third-order valence-corrected chi connectivity index (χ3v) is 14.3. The molecule has 0 spiro atoms. The summed E-state index contributed by atoms with van der Waals surface area (Å²) in [7, 11) is 1.48. The zero-order valence-corrected chi connectivity index (χ0v) is 50.4. The fraction of sp³-hybridized carbons (Fsp3) is 0.754. The summed E-state index contributed by atoms with van der Waals surface area (Å²) in [4.78, 5) is 37.7. The lowest BCUT2D eigenvalue weighted by Crippen LogP contribution is -2.47. The fourth-order valence-electron chi connectivity index (χ4n) is 8.55. The average Bonchev–Trinajstić information content (AvgIpc) is 3.37. The Hall–Kier alpha value is -2.81. The van der Waals surface area contributed by atoms with Gasteiger partial charge in [-0.2, -0.15) is 0 Å². The number of hydrogen-bond donors (Lipinski definition) is 2. The molecule has 3 atom stereocenters. The van der Waals surface area contributed by atoms with Gasteiger partial charge in [0.25, 0.3) is 0 Å². The van der Waals surface area contributed by atoms with Gasteiger partial charge in [-0.25, -0.2) is 4.57 Å². The van der Waals surface area contributed by atoms with Crippen molar-refractivity contribution in [1.82, 2.24) is 5.32 Å². The van der Waals surface area contributed by atoms with Crippen LogP contribution in [0, 0.1) is 0 Å². The standard InChI is InChI=1S/C65H117N2O7P/c1-7-10-13-16-19-22-25-28-30-31-32-33-34-35-36-37-38-40-43-46-49-52-55-58-65(69)74-63(56-53-50-47-44-41-27-24-21-18-15-12-9-3)62(61-73-75(70,71)72-60-59-67(4,5)6)66-64(68)57-54-51-48-45-42-39-29-26-23-20-17-14-11-8-2/h11,14,19-20,22-23,28,30,32-33,35-36,53,56,62-63H,7-10,12-13,15-18,21,24-27,29,31,34,37-52,54-55,57-61H2,1-6H3,(H-,66,68,70,71)/p+1/b14-11+,22-19-,23-20+,30-28-,33-32-,36-35-,56-53-. The van der Waals surface area contributed by atoms with E-state index in [1.165, 1.54) is 116 Å². The molecule has 1 amide bonds. The van der Waals surface area contributed by atoms with E-state index in [0.29, 0.717) is 17.4 Å². The molecule has 0 rings (SSSR count). The van der Waals surface area contributed by atoms with Crippen LogP contribution in [0.5, 0.6) is 0 Å². The van der Waals surface area contributed by atoms with E-state index in [-0.39, 0.29) is 31.5 Å². The number of nitrogens with one attached hydrogen (secondary N) is 1. The zero-order chi connectivity index (χ0) is 55.0. The fourth-order valence-corrected chi connectivity index (χ4v) is 9.29. The summed E-state index contributed by atoms with van der Waals surface area (Å²) < 4.78 is 30.7. The molecule has 0 saturated carbocycles. The SMILES string of the molecule is CC/C=C/C/C=C/CCCCCCCCCC(=O)NC(COP(=O)(O)OCC[N+](C)(C)C)C(/C=C\CCCCCCCCCCCC)OC(=O)CCCCCCCCC/C=C\C/C=C\C/C=C\C/C=C\CCCCC. The quantitative estimate of drug-likeness (QED) is 0.0205. The molecule has 9 nitrogen and oxygen atoms in total. The van der Waals surface area contributed by atoms with E-state index >= 15 is 0 Å². The summed E-state index contributed by atoms with van der Waals surface area (Å²) in [5.41, 5.74) is 0. The zero-order valence-electron chi connectivity index (χ0n) is 49.5. The van der Waals surface area contributed by atoms with Crippen LogP contribution in [0.3, 0.4) is 0 Å². The van der Waals surface area contributed by atoms with Crippen molar-refractivity contribution in [2.75, 3.05) is 40.9 Å². The first kappa shape index (κ1) is 72.2. The number of hydrogen-bond acceptors (Lipinski definition) is 6. The summed E-state index contributed by atoms with van der Waals surface area (Å²) in [6.07, 6.45) is 71.5. The molecule has 3 unspecified atom stereocenters. The summed E-state index contributed by atoms with van der Waals surface area (Å²) >= 11 is 0. The molecular weight excluding hydrogens is 952 g/mol. The largest absolute Gasteiger partial charge is 0.472 e. The highest BCUT2D eigenvalue weighted by Gasteiger charge is 2.30. The molecule has 0 aromatic rings. The molecule has 0 aliphatic rings. The number of allylic oxidation sites excluding steroid dienone is 13. The van der Waals surface area contributed by atoms with Crippen molar-refractivity contribution in [3.63, 3.8) is 0 Å². The van der Waals surface area contributed by atoms with Crippen LogP contribution in [0.4, 0.5) is 0 Å². The second kappa shape index (κ2) is 54.5. The Kier molecular flexibility index (Phi) is 52.5. The molecule has 0 heterocycles. The first-order valence-corrected chi connectivity index (χ1v) is 32.4. The highest BCUT2D eigenvalue weighted by molar-refractivity contribution is 7.47. The van der Waals surface area contributed by atoms with Crippen LogP contribution in [-0.2, 0) is 27.9 Å². The number of phosphoric acid groups is 1. The van der Waals surface area contributed by atoms with E-state index in [1.807, 2.05) is 33.3 Å². The smallest absolute Gasteiger partial charge is 0.456 e. The van der Waals surface area contributed by atoms with Gasteiger partial charge in [0.15, 0.2) is 0 Å². The Morgan fingerprint density at radius 1 is 0.480 bits per heavy atom. The lowest BCUT2D eigenvalue weighted by Gasteiger charge is -2.27. The van der Waals surface area contributed by atoms with Gasteiger partial charge in [-0.15, -0.1) is 0 Å². The molecule has 75 heavy (non-hydrogen) atoms. The van der Waals surface area contributed by atoms with E-state index in [4.69, 9.17) is 13.8 Å². The minimum Gasteiger partial charge on any atom is -0.456 e. The predicted molar refractivity (Wildman–Crippen MR) is 323 cm³/mol. The molecule has 0 aromatic heterocycles. The van der Waals surface area contributed by atoms with Gasteiger partial charge in [-0.1, -0.05) is 235 Å². The number of likely N-dealkylation sites (N-methyl/N-ethyl adjacent to an activating group) is 1. The Balaban J connectivity index is 5.24. The van der Waals surface area contributed by atoms with Gasteiger partial charge in [0, 0.05) is 12.8 Å². The number of amides is 1.